The highest BCUT2D eigenvalue weighted by atomic mass is 16.5. The zero-order chi connectivity index (χ0) is 27.2. The van der Waals surface area contributed by atoms with Crippen molar-refractivity contribution in [1.82, 2.24) is 15.5 Å². The molecule has 4 rings (SSSR count). The summed E-state index contributed by atoms with van der Waals surface area (Å²) in [6.07, 6.45) is 1.99. The van der Waals surface area contributed by atoms with Crippen LogP contribution >= 0.6 is 0 Å². The summed E-state index contributed by atoms with van der Waals surface area (Å²) in [5.41, 5.74) is -0.618. The van der Waals surface area contributed by atoms with Crippen molar-refractivity contribution in [2.45, 2.75) is 103 Å². The molecule has 3 aliphatic rings. The summed E-state index contributed by atoms with van der Waals surface area (Å²) < 4.78 is 6.49. The van der Waals surface area contributed by atoms with Crippen molar-refractivity contribution < 1.29 is 24.2 Å². The lowest BCUT2D eigenvalue weighted by Crippen LogP contribution is -2.61. The minimum atomic E-state index is -1.07. The Labute approximate surface area is 220 Å². The van der Waals surface area contributed by atoms with Crippen molar-refractivity contribution in [3.05, 3.63) is 35.9 Å². The molecule has 204 valence electrons. The molecule has 6 atom stereocenters. The molecule has 8 heteroatoms. The van der Waals surface area contributed by atoms with Gasteiger partial charge in [-0.15, -0.1) is 0 Å². The third-order valence-electron chi connectivity index (χ3n) is 8.11. The molecule has 37 heavy (non-hydrogen) atoms. The van der Waals surface area contributed by atoms with Gasteiger partial charge in [0, 0.05) is 12.1 Å². The van der Waals surface area contributed by atoms with E-state index in [4.69, 9.17) is 4.74 Å². The fourth-order valence-electron chi connectivity index (χ4n) is 7.17. The molecule has 2 bridgehead atoms. The van der Waals surface area contributed by atoms with Gasteiger partial charge in [0.1, 0.15) is 11.6 Å². The predicted octanol–water partition coefficient (Wildman–Crippen LogP) is 2.78. The van der Waals surface area contributed by atoms with Gasteiger partial charge in [-0.2, -0.15) is 0 Å². The van der Waals surface area contributed by atoms with Crippen molar-refractivity contribution >= 4 is 17.7 Å². The van der Waals surface area contributed by atoms with E-state index in [1.165, 1.54) is 4.90 Å². The number of aliphatic hydroxyl groups excluding tert-OH is 1. The Kier molecular flexibility index (Phi) is 7.47. The smallest absolute Gasteiger partial charge is 0.246 e. The molecule has 0 radical (unpaired) electrons. The summed E-state index contributed by atoms with van der Waals surface area (Å²) >= 11 is 0. The van der Waals surface area contributed by atoms with Gasteiger partial charge in [-0.1, -0.05) is 58.0 Å². The van der Waals surface area contributed by atoms with Crippen molar-refractivity contribution in [3.63, 3.8) is 0 Å². The predicted molar refractivity (Wildman–Crippen MR) is 140 cm³/mol. The van der Waals surface area contributed by atoms with Gasteiger partial charge in [-0.3, -0.25) is 14.4 Å². The summed E-state index contributed by atoms with van der Waals surface area (Å²) in [5, 5.41) is 16.3. The van der Waals surface area contributed by atoms with E-state index in [-0.39, 0.29) is 29.7 Å². The molecule has 2 unspecified atom stereocenters. The third-order valence-corrected chi connectivity index (χ3v) is 8.11. The minimum absolute atomic E-state index is 0.00984. The van der Waals surface area contributed by atoms with Crippen LogP contribution in [-0.2, 0) is 25.7 Å². The van der Waals surface area contributed by atoms with Crippen LogP contribution in [0.3, 0.4) is 0 Å². The molecule has 0 saturated carbocycles. The second kappa shape index (κ2) is 10.0. The number of nitrogens with one attached hydrogen (secondary N) is 2. The highest BCUT2D eigenvalue weighted by Gasteiger charge is 2.75. The molecular formula is C29H43N3O5. The molecule has 1 aromatic carbocycles. The molecule has 3 heterocycles. The molecule has 0 aliphatic carbocycles. The third kappa shape index (κ3) is 5.15. The van der Waals surface area contributed by atoms with Crippen LogP contribution in [0.1, 0.15) is 72.8 Å². The summed E-state index contributed by atoms with van der Waals surface area (Å²) in [5.74, 6) is -2.17. The van der Waals surface area contributed by atoms with Crippen LogP contribution in [0.4, 0.5) is 0 Å². The van der Waals surface area contributed by atoms with Gasteiger partial charge < -0.3 is 25.4 Å². The number of benzene rings is 1. The second-order valence-electron chi connectivity index (χ2n) is 12.9. The van der Waals surface area contributed by atoms with Crippen LogP contribution < -0.4 is 10.6 Å². The number of fused-ring (bicyclic) bond motifs is 1. The van der Waals surface area contributed by atoms with Gasteiger partial charge in [-0.25, -0.2) is 0 Å². The largest absolute Gasteiger partial charge is 0.394 e. The minimum Gasteiger partial charge on any atom is -0.394 e. The molecule has 3 N–H and O–H groups in total. The number of carbonyl (C=O) groups excluding carboxylic acids is 3. The molecule has 3 saturated heterocycles. The lowest BCUT2D eigenvalue weighted by molar-refractivity contribution is -0.146. The van der Waals surface area contributed by atoms with Crippen molar-refractivity contribution in [2.24, 2.45) is 17.3 Å². The van der Waals surface area contributed by atoms with E-state index in [9.17, 15) is 19.5 Å². The molecule has 1 spiro atoms. The molecule has 3 amide bonds. The maximum Gasteiger partial charge on any atom is 0.246 e. The van der Waals surface area contributed by atoms with Crippen LogP contribution in [0.25, 0.3) is 0 Å². The Hall–Kier alpha value is -2.45. The number of hydrogen-bond donors (Lipinski definition) is 3. The number of rotatable bonds is 9. The Balaban J connectivity index is 1.63. The first-order valence-corrected chi connectivity index (χ1v) is 13.6. The van der Waals surface area contributed by atoms with E-state index in [1.807, 2.05) is 51.1 Å². The monoisotopic (exact) mass is 513 g/mol. The highest BCUT2D eigenvalue weighted by molar-refractivity contribution is 5.99. The van der Waals surface area contributed by atoms with E-state index >= 15 is 0 Å². The van der Waals surface area contributed by atoms with Crippen molar-refractivity contribution in [1.29, 1.82) is 0 Å². The van der Waals surface area contributed by atoms with Crippen molar-refractivity contribution in [2.75, 3.05) is 6.61 Å². The normalized spacial score (nSPS) is 29.8. The number of amides is 3. The average Bonchev–Trinajstić information content (AvgIpc) is 3.45. The number of nitrogens with zero attached hydrogens (tertiary/aromatic N) is 1. The first-order chi connectivity index (χ1) is 17.3. The summed E-state index contributed by atoms with van der Waals surface area (Å²) in [7, 11) is 0. The lowest BCUT2D eigenvalue weighted by atomic mass is 9.70. The first kappa shape index (κ1) is 27.6. The van der Waals surface area contributed by atoms with E-state index in [0.717, 1.165) is 12.0 Å². The average molecular weight is 514 g/mol. The van der Waals surface area contributed by atoms with Crippen LogP contribution in [0.15, 0.2) is 30.3 Å². The molecule has 3 fully saturated rings. The van der Waals surface area contributed by atoms with Crippen LogP contribution in [0.2, 0.25) is 0 Å². The van der Waals surface area contributed by atoms with Gasteiger partial charge in [0.05, 0.1) is 30.6 Å². The van der Waals surface area contributed by atoms with E-state index in [1.54, 1.807) is 0 Å². The number of carbonyl (C=O) groups is 3. The summed E-state index contributed by atoms with van der Waals surface area (Å²) in [6, 6.07) is 8.22. The van der Waals surface area contributed by atoms with Crippen LogP contribution in [-0.4, -0.2) is 63.7 Å². The Morgan fingerprint density at radius 3 is 2.43 bits per heavy atom. The van der Waals surface area contributed by atoms with E-state index < -0.39 is 41.2 Å². The zero-order valence-corrected chi connectivity index (χ0v) is 23.0. The summed E-state index contributed by atoms with van der Waals surface area (Å²) in [6.45, 7) is 12.3. The van der Waals surface area contributed by atoms with Gasteiger partial charge >= 0.3 is 0 Å². The molecule has 8 nitrogen and oxygen atoms in total. The maximum absolute atomic E-state index is 14.0. The fourth-order valence-corrected chi connectivity index (χ4v) is 7.17. The van der Waals surface area contributed by atoms with Gasteiger partial charge in [-0.05, 0) is 50.5 Å². The fraction of sp³-hybridized carbons (Fsp3) is 0.690. The quantitative estimate of drug-likeness (QED) is 0.471. The standard InChI is InChI=1S/C29H43N3O5/c1-7-19(16-33)32-23(25(35)31-28(5,6)17-27(2,3)4)29-14-13-20(37-29)21(22(29)26(32)36)24(34)30-15-18-11-9-8-10-12-18/h8-12,19-23,33H,7,13-17H2,1-6H3,(H,30,34)(H,31,35)/t19-,20+,21-,22-,23?,29?/m0/s1. The van der Waals surface area contributed by atoms with Gasteiger partial charge in [0.25, 0.3) is 0 Å². The highest BCUT2D eigenvalue weighted by Crippen LogP contribution is 2.59. The molecular weight excluding hydrogens is 470 g/mol. The number of likely N-dealkylation sites (tertiary alicyclic amines) is 1. The maximum atomic E-state index is 14.0. The lowest BCUT2D eigenvalue weighted by Gasteiger charge is -2.40. The topological polar surface area (TPSA) is 108 Å². The van der Waals surface area contributed by atoms with Crippen molar-refractivity contribution in [3.8, 4) is 0 Å². The molecule has 0 aromatic heterocycles. The SMILES string of the molecule is CC[C@@H](CO)N1C(=O)[C@@H]2[C@@H](C(=O)NCc3ccccc3)[C@H]3CCC2(O3)C1C(=O)NC(C)(C)CC(C)(C)C. The molecule has 3 aliphatic heterocycles. The Morgan fingerprint density at radius 1 is 1.16 bits per heavy atom. The molecule has 1 aromatic rings. The number of ether oxygens (including phenoxy) is 1. The van der Waals surface area contributed by atoms with Gasteiger partial charge in [0.2, 0.25) is 17.7 Å². The Bertz CT molecular complexity index is 1020. The number of hydrogen-bond acceptors (Lipinski definition) is 5. The van der Waals surface area contributed by atoms with E-state index in [0.29, 0.717) is 25.8 Å². The summed E-state index contributed by atoms with van der Waals surface area (Å²) in [4.78, 5) is 43.0. The second-order valence-corrected chi connectivity index (χ2v) is 12.9. The van der Waals surface area contributed by atoms with Crippen LogP contribution in [0.5, 0.6) is 0 Å². The van der Waals surface area contributed by atoms with Gasteiger partial charge in [0.15, 0.2) is 0 Å². The first-order valence-electron chi connectivity index (χ1n) is 13.6. The van der Waals surface area contributed by atoms with E-state index in [2.05, 4.69) is 31.4 Å². The zero-order valence-electron chi connectivity index (χ0n) is 23.0. The number of aliphatic hydroxyl groups is 1. The van der Waals surface area contributed by atoms with Crippen LogP contribution in [0, 0.1) is 17.3 Å². The Morgan fingerprint density at radius 2 is 1.84 bits per heavy atom.